The number of rotatable bonds is 12. The van der Waals surface area contributed by atoms with E-state index in [2.05, 4.69) is 59.7 Å². The van der Waals surface area contributed by atoms with Gasteiger partial charge in [0, 0.05) is 37.0 Å². The summed E-state index contributed by atoms with van der Waals surface area (Å²) in [5.41, 5.74) is 8.90. The van der Waals surface area contributed by atoms with Crippen LogP contribution < -0.4 is 4.74 Å². The number of benzene rings is 6. The van der Waals surface area contributed by atoms with E-state index < -0.39 is 5.97 Å². The molecule has 0 fully saturated rings. The van der Waals surface area contributed by atoms with Gasteiger partial charge in [-0.25, -0.2) is 4.79 Å². The molecule has 6 aromatic rings. The van der Waals surface area contributed by atoms with Crippen molar-refractivity contribution in [3.05, 3.63) is 204 Å². The van der Waals surface area contributed by atoms with Crippen LogP contribution in [-0.2, 0) is 37.2 Å². The number of phenols is 1. The second kappa shape index (κ2) is 23.7. The first kappa shape index (κ1) is 45.2. The SMILES string of the molecule is Cc1cc(C(=O)OCc2ccccc2)c(O)c(-c2ccccc2OCCC[N-]c2c(C(C)C)cccc2C(C)C)c1.[CH2-]c1ccccc1.[CH2-]c1ccccc1.[Hf]. The van der Waals surface area contributed by atoms with Gasteiger partial charge in [0.25, 0.3) is 0 Å². The minimum absolute atomic E-state index is 0. The molecular formula is C50H54HfNO4-3. The molecule has 0 amide bonds. The van der Waals surface area contributed by atoms with E-state index in [1.807, 2.05) is 128 Å². The van der Waals surface area contributed by atoms with Crippen LogP contribution in [0, 0.1) is 20.8 Å². The predicted molar refractivity (Wildman–Crippen MR) is 228 cm³/mol. The molecule has 0 radical (unpaired) electrons. The Morgan fingerprint density at radius 3 is 1.71 bits per heavy atom. The number of carbonyl (C=O) groups is 1. The number of hydrogen-bond donors (Lipinski definition) is 1. The number of phenolic OH excluding ortho intramolecular Hbond substituents is 1. The summed E-state index contributed by atoms with van der Waals surface area (Å²) in [5.74, 6) is 0.753. The maximum atomic E-state index is 12.9. The molecule has 6 aromatic carbocycles. The molecule has 290 valence electrons. The Hall–Kier alpha value is -5.20. The number of aryl methyl sites for hydroxylation is 1. The van der Waals surface area contributed by atoms with Crippen molar-refractivity contribution >= 4 is 11.7 Å². The monoisotopic (exact) mass is 912 g/mol. The van der Waals surface area contributed by atoms with Crippen LogP contribution in [0.2, 0.25) is 0 Å². The molecule has 0 heterocycles. The van der Waals surface area contributed by atoms with Crippen molar-refractivity contribution < 1.29 is 45.2 Å². The first-order valence-corrected chi connectivity index (χ1v) is 18.9. The van der Waals surface area contributed by atoms with Crippen LogP contribution in [-0.4, -0.2) is 24.2 Å². The molecule has 6 heteroatoms. The average Bonchev–Trinajstić information content (AvgIpc) is 3.19. The Balaban J connectivity index is 0.000000467. The van der Waals surface area contributed by atoms with Gasteiger partial charge in [-0.2, -0.15) is 49.2 Å². The number of aromatic hydroxyl groups is 1. The van der Waals surface area contributed by atoms with Crippen molar-refractivity contribution in [3.63, 3.8) is 0 Å². The third kappa shape index (κ3) is 14.1. The van der Waals surface area contributed by atoms with Crippen molar-refractivity contribution in [2.45, 2.75) is 59.5 Å². The van der Waals surface area contributed by atoms with E-state index in [0.29, 0.717) is 36.3 Å². The topological polar surface area (TPSA) is 69.9 Å². The van der Waals surface area contributed by atoms with E-state index in [4.69, 9.17) is 14.8 Å². The molecule has 0 aromatic heterocycles. The zero-order valence-corrected chi connectivity index (χ0v) is 37.0. The van der Waals surface area contributed by atoms with Crippen molar-refractivity contribution in [2.24, 2.45) is 0 Å². The van der Waals surface area contributed by atoms with Crippen molar-refractivity contribution in [2.75, 3.05) is 13.2 Å². The van der Waals surface area contributed by atoms with Gasteiger partial charge in [0.2, 0.25) is 0 Å². The molecule has 5 nitrogen and oxygen atoms in total. The molecule has 0 unspecified atom stereocenters. The van der Waals surface area contributed by atoms with Crippen LogP contribution in [0.1, 0.15) is 89.7 Å². The summed E-state index contributed by atoms with van der Waals surface area (Å²) in [5, 5.41) is 16.1. The summed E-state index contributed by atoms with van der Waals surface area (Å²) >= 11 is 0. The zero-order chi connectivity index (χ0) is 39.6. The third-order valence-corrected chi connectivity index (χ3v) is 8.72. The maximum Gasteiger partial charge on any atom is 0.342 e. The van der Waals surface area contributed by atoms with Crippen molar-refractivity contribution in [1.29, 1.82) is 0 Å². The molecular weight excluding hydrogens is 857 g/mol. The molecule has 0 aliphatic rings. The molecule has 56 heavy (non-hydrogen) atoms. The third-order valence-electron chi connectivity index (χ3n) is 8.72. The maximum absolute atomic E-state index is 12.9. The molecule has 1 N–H and O–H groups in total. The first-order valence-electron chi connectivity index (χ1n) is 18.9. The number of esters is 1. The Morgan fingerprint density at radius 2 is 1.20 bits per heavy atom. The fraction of sp³-hybridized carbons (Fsp3) is 0.220. The number of para-hydroxylation sites is 2. The molecule has 0 atom stereocenters. The summed E-state index contributed by atoms with van der Waals surface area (Å²) in [6.07, 6.45) is 0.745. The zero-order valence-electron chi connectivity index (χ0n) is 33.4. The molecule has 0 bridgehead atoms. The Morgan fingerprint density at radius 1 is 0.679 bits per heavy atom. The number of carbonyl (C=O) groups excluding carboxylic acids is 1. The minimum Gasteiger partial charge on any atom is -0.684 e. The van der Waals surface area contributed by atoms with Crippen LogP contribution in [0.4, 0.5) is 5.69 Å². The predicted octanol–water partition coefficient (Wildman–Crippen LogP) is 13.2. The molecule has 0 saturated heterocycles. The van der Waals surface area contributed by atoms with Gasteiger partial charge >= 0.3 is 5.97 Å². The van der Waals surface area contributed by atoms with Gasteiger partial charge < -0.3 is 19.9 Å². The smallest absolute Gasteiger partial charge is 0.342 e. The van der Waals surface area contributed by atoms with Gasteiger partial charge in [-0.3, -0.25) is 0 Å². The Bertz CT molecular complexity index is 1980. The van der Waals surface area contributed by atoms with E-state index in [0.717, 1.165) is 39.9 Å². The fourth-order valence-corrected chi connectivity index (χ4v) is 5.84. The summed E-state index contributed by atoms with van der Waals surface area (Å²) in [6, 6.07) is 46.8. The standard InChI is InChI=1S/C36H40NO4.2C7H7.Hf/c1-24(2)28-16-11-17-29(25(3)4)34(28)37-19-12-20-40-33-18-10-9-15-30(33)31-21-26(5)22-32(35(31)38)36(39)41-23-27-13-7-6-8-14-27;2*1-7-5-3-2-4-6-7;/h6-11,13-18,21-22,24-25H,12,19-20,23H2,1-5H3,(H,38,39);2*2-6H,1H2;/q3*-1;. The van der Waals surface area contributed by atoms with Crippen molar-refractivity contribution in [1.82, 2.24) is 0 Å². The van der Waals surface area contributed by atoms with Crippen LogP contribution in [0.25, 0.3) is 16.4 Å². The Labute approximate surface area is 353 Å². The van der Waals surface area contributed by atoms with Gasteiger partial charge in [0.1, 0.15) is 23.7 Å². The van der Waals surface area contributed by atoms with E-state index in [9.17, 15) is 9.90 Å². The second-order valence-corrected chi connectivity index (χ2v) is 13.9. The normalized spacial score (nSPS) is 10.3. The molecule has 0 aliphatic carbocycles. The van der Waals surface area contributed by atoms with Gasteiger partial charge in [-0.05, 0) is 54.5 Å². The summed E-state index contributed by atoms with van der Waals surface area (Å²) in [7, 11) is 0. The van der Waals surface area contributed by atoms with Crippen LogP contribution in [0.15, 0.2) is 146 Å². The number of hydrogen-bond acceptors (Lipinski definition) is 4. The minimum atomic E-state index is -0.571. The van der Waals surface area contributed by atoms with Crippen molar-refractivity contribution in [3.8, 4) is 22.6 Å². The van der Waals surface area contributed by atoms with Crippen LogP contribution >= 0.6 is 0 Å². The number of ether oxygens (including phenoxy) is 2. The van der Waals surface area contributed by atoms with Gasteiger partial charge in [0.15, 0.2) is 0 Å². The van der Waals surface area contributed by atoms with E-state index in [-0.39, 0.29) is 43.8 Å². The number of nitrogens with zero attached hydrogens (tertiary/aromatic N) is 1. The van der Waals surface area contributed by atoms with Gasteiger partial charge in [0.05, 0.1) is 6.61 Å². The fourth-order valence-electron chi connectivity index (χ4n) is 5.84. The first-order chi connectivity index (χ1) is 26.5. The summed E-state index contributed by atoms with van der Waals surface area (Å²) in [6.45, 7) is 19.4. The Kier molecular flexibility index (Phi) is 19.1. The van der Waals surface area contributed by atoms with Gasteiger partial charge in [-0.15, -0.1) is 36.5 Å². The average molecular weight is 911 g/mol. The van der Waals surface area contributed by atoms with Crippen LogP contribution in [0.5, 0.6) is 11.5 Å². The molecule has 0 saturated carbocycles. The quantitative estimate of drug-likeness (QED) is 0.0575. The van der Waals surface area contributed by atoms with Gasteiger partial charge in [-0.1, -0.05) is 118 Å². The van der Waals surface area contributed by atoms with E-state index in [1.165, 1.54) is 11.1 Å². The molecule has 0 aliphatic heterocycles. The summed E-state index contributed by atoms with van der Waals surface area (Å²) < 4.78 is 11.7. The van der Waals surface area contributed by atoms with Crippen LogP contribution in [0.3, 0.4) is 0 Å². The second-order valence-electron chi connectivity index (χ2n) is 13.9. The molecule has 6 rings (SSSR count). The van der Waals surface area contributed by atoms with E-state index >= 15 is 0 Å². The summed E-state index contributed by atoms with van der Waals surface area (Å²) in [4.78, 5) is 12.9. The van der Waals surface area contributed by atoms with E-state index in [1.54, 1.807) is 6.07 Å². The largest absolute Gasteiger partial charge is 0.684 e. The molecule has 0 spiro atoms.